The monoisotopic (exact) mass is 542 g/mol. The first-order valence-electron chi connectivity index (χ1n) is 11.5. The topological polar surface area (TPSA) is 76.1 Å². The number of fused-ring (bicyclic) bond motifs is 1. The number of halogens is 2. The summed E-state index contributed by atoms with van der Waals surface area (Å²) in [6, 6.07) is 20.8. The molecule has 2 aromatic heterocycles. The predicted molar refractivity (Wildman–Crippen MR) is 150 cm³/mol. The van der Waals surface area contributed by atoms with Crippen LogP contribution in [-0.4, -0.2) is 15.9 Å². The van der Waals surface area contributed by atoms with Crippen LogP contribution < -0.4 is 15.4 Å². The number of ether oxygens (including phenoxy) is 1. The van der Waals surface area contributed by atoms with E-state index in [1.54, 1.807) is 24.3 Å². The van der Waals surface area contributed by atoms with Crippen LogP contribution in [-0.2, 0) is 11.4 Å². The lowest BCUT2D eigenvalue weighted by atomic mass is 10.2. The Labute approximate surface area is 227 Å². The molecule has 0 atom stereocenters. The zero-order valence-corrected chi connectivity index (χ0v) is 21.7. The van der Waals surface area contributed by atoms with Crippen molar-refractivity contribution in [3.05, 3.63) is 106 Å². The van der Waals surface area contributed by atoms with Crippen LogP contribution in [0.1, 0.15) is 22.9 Å². The van der Waals surface area contributed by atoms with Gasteiger partial charge in [-0.3, -0.25) is 4.79 Å². The highest BCUT2D eigenvalue weighted by Gasteiger charge is 2.10. The van der Waals surface area contributed by atoms with Gasteiger partial charge in [0.1, 0.15) is 24.5 Å². The molecule has 0 saturated heterocycles. The first-order chi connectivity index (χ1) is 18.4. The van der Waals surface area contributed by atoms with Crippen LogP contribution in [0, 0.1) is 17.7 Å². The zero-order valence-electron chi connectivity index (χ0n) is 20.1. The SMILES string of the molecule is CC(=O)Nc1cccc(C#Cc2cc3ncnc(Nc4ccc(OCc5cccc(F)c5)c(Cl)c4)c3s2)c1. The van der Waals surface area contributed by atoms with E-state index in [1.807, 2.05) is 36.4 Å². The van der Waals surface area contributed by atoms with Gasteiger partial charge in [0.25, 0.3) is 0 Å². The molecule has 0 bridgehead atoms. The third kappa shape index (κ3) is 6.27. The van der Waals surface area contributed by atoms with Gasteiger partial charge in [-0.15, -0.1) is 11.3 Å². The van der Waals surface area contributed by atoms with E-state index < -0.39 is 0 Å². The molecule has 0 aliphatic carbocycles. The lowest BCUT2D eigenvalue weighted by molar-refractivity contribution is -0.114. The minimum absolute atomic E-state index is 0.134. The normalized spacial score (nSPS) is 10.5. The minimum Gasteiger partial charge on any atom is -0.487 e. The van der Waals surface area contributed by atoms with Gasteiger partial charge in [-0.25, -0.2) is 14.4 Å². The maximum absolute atomic E-state index is 13.4. The average molecular weight is 543 g/mol. The molecular formula is C29H20ClFN4O2S. The van der Waals surface area contributed by atoms with Crippen LogP contribution in [0.5, 0.6) is 5.75 Å². The zero-order chi connectivity index (χ0) is 26.5. The van der Waals surface area contributed by atoms with Crippen LogP contribution in [0.25, 0.3) is 10.2 Å². The number of benzene rings is 3. The number of hydrogen-bond acceptors (Lipinski definition) is 6. The Morgan fingerprint density at radius 3 is 2.71 bits per heavy atom. The predicted octanol–water partition coefficient (Wildman–Crippen LogP) is 7.16. The van der Waals surface area contributed by atoms with E-state index in [2.05, 4.69) is 32.4 Å². The molecule has 5 rings (SSSR count). The highest BCUT2D eigenvalue weighted by atomic mass is 35.5. The summed E-state index contributed by atoms with van der Waals surface area (Å²) in [5, 5.41) is 6.46. The standard InChI is InChI=1S/C29H20ClFN4O2S/c1-18(36)34-22-7-3-4-19(13-22)8-10-24-15-26-28(38-24)29(33-17-32-26)35-23-9-11-27(25(30)14-23)37-16-20-5-2-6-21(31)12-20/h2-7,9,11-15,17H,16H2,1H3,(H,34,36)(H,32,33,35). The number of amides is 1. The Morgan fingerprint density at radius 2 is 1.89 bits per heavy atom. The number of thiophene rings is 1. The van der Waals surface area contributed by atoms with Crippen molar-refractivity contribution in [2.24, 2.45) is 0 Å². The quantitative estimate of drug-likeness (QED) is 0.223. The van der Waals surface area contributed by atoms with Crippen molar-refractivity contribution in [2.45, 2.75) is 13.5 Å². The summed E-state index contributed by atoms with van der Waals surface area (Å²) in [5.41, 5.74) is 3.69. The fourth-order valence-electron chi connectivity index (χ4n) is 3.64. The molecule has 0 unspecified atom stereocenters. The summed E-state index contributed by atoms with van der Waals surface area (Å²) in [4.78, 5) is 20.9. The van der Waals surface area contributed by atoms with Gasteiger partial charge in [-0.1, -0.05) is 41.6 Å². The lowest BCUT2D eigenvalue weighted by Gasteiger charge is -2.11. The molecule has 0 aliphatic rings. The first-order valence-corrected chi connectivity index (χ1v) is 12.7. The molecule has 38 heavy (non-hydrogen) atoms. The molecule has 6 nitrogen and oxygen atoms in total. The summed E-state index contributed by atoms with van der Waals surface area (Å²) >= 11 is 7.92. The highest BCUT2D eigenvalue weighted by molar-refractivity contribution is 7.20. The average Bonchev–Trinajstić information content (AvgIpc) is 3.31. The van der Waals surface area contributed by atoms with Gasteiger partial charge >= 0.3 is 0 Å². The molecule has 0 spiro atoms. The van der Waals surface area contributed by atoms with Gasteiger partial charge in [0.05, 0.1) is 20.1 Å². The van der Waals surface area contributed by atoms with Crippen molar-refractivity contribution in [1.82, 2.24) is 9.97 Å². The molecule has 188 valence electrons. The number of aromatic nitrogens is 2. The summed E-state index contributed by atoms with van der Waals surface area (Å²) in [5.74, 6) is 6.98. The summed E-state index contributed by atoms with van der Waals surface area (Å²) in [6.07, 6.45) is 1.49. The molecule has 0 fully saturated rings. The van der Waals surface area contributed by atoms with Crippen LogP contribution in [0.3, 0.4) is 0 Å². The number of anilines is 3. The van der Waals surface area contributed by atoms with E-state index in [1.165, 1.54) is 36.7 Å². The molecule has 3 aromatic carbocycles. The van der Waals surface area contributed by atoms with Crippen molar-refractivity contribution >= 4 is 56.3 Å². The van der Waals surface area contributed by atoms with E-state index >= 15 is 0 Å². The van der Waals surface area contributed by atoms with Gasteiger partial charge in [0.2, 0.25) is 5.91 Å². The summed E-state index contributed by atoms with van der Waals surface area (Å²) in [6.45, 7) is 1.67. The second-order valence-corrected chi connectivity index (χ2v) is 9.71. The van der Waals surface area contributed by atoms with Gasteiger partial charge in [-0.2, -0.15) is 0 Å². The molecule has 2 N–H and O–H groups in total. The van der Waals surface area contributed by atoms with E-state index in [0.717, 1.165) is 26.3 Å². The molecule has 1 amide bonds. The molecule has 0 aliphatic heterocycles. The largest absolute Gasteiger partial charge is 0.487 e. The first kappa shape index (κ1) is 25.2. The maximum Gasteiger partial charge on any atom is 0.221 e. The fourth-order valence-corrected chi connectivity index (χ4v) is 4.78. The summed E-state index contributed by atoms with van der Waals surface area (Å²) in [7, 11) is 0. The molecule has 2 heterocycles. The molecule has 0 radical (unpaired) electrons. The van der Waals surface area contributed by atoms with Gasteiger partial charge in [0, 0.05) is 23.9 Å². The molecule has 5 aromatic rings. The fraction of sp³-hybridized carbons (Fsp3) is 0.0690. The second-order valence-electron chi connectivity index (χ2n) is 8.25. The van der Waals surface area contributed by atoms with E-state index in [9.17, 15) is 9.18 Å². The number of nitrogens with one attached hydrogen (secondary N) is 2. The smallest absolute Gasteiger partial charge is 0.221 e. The van der Waals surface area contributed by atoms with Crippen molar-refractivity contribution in [3.63, 3.8) is 0 Å². The molecule has 0 saturated carbocycles. The van der Waals surface area contributed by atoms with Gasteiger partial charge in [-0.05, 0) is 60.2 Å². The number of hydrogen-bond donors (Lipinski definition) is 2. The van der Waals surface area contributed by atoms with E-state index in [4.69, 9.17) is 16.3 Å². The lowest BCUT2D eigenvalue weighted by Crippen LogP contribution is -2.05. The van der Waals surface area contributed by atoms with Gasteiger partial charge < -0.3 is 15.4 Å². The molecule has 9 heteroatoms. The summed E-state index contributed by atoms with van der Waals surface area (Å²) < 4.78 is 20.0. The Bertz CT molecular complexity index is 1710. The third-order valence-electron chi connectivity index (χ3n) is 5.30. The van der Waals surface area contributed by atoms with Crippen molar-refractivity contribution in [3.8, 4) is 17.6 Å². The third-order valence-corrected chi connectivity index (χ3v) is 6.64. The van der Waals surface area contributed by atoms with Crippen LogP contribution in [0.4, 0.5) is 21.6 Å². The Hall–Kier alpha value is -4.45. The number of carbonyl (C=O) groups is 1. The van der Waals surface area contributed by atoms with Crippen LogP contribution in [0.2, 0.25) is 5.02 Å². The van der Waals surface area contributed by atoms with Crippen molar-refractivity contribution < 1.29 is 13.9 Å². The Kier molecular flexibility index (Phi) is 7.50. The van der Waals surface area contributed by atoms with E-state index in [0.29, 0.717) is 27.8 Å². The maximum atomic E-state index is 13.4. The number of carbonyl (C=O) groups excluding carboxylic acids is 1. The van der Waals surface area contributed by atoms with Gasteiger partial charge in [0.15, 0.2) is 5.82 Å². The number of nitrogens with zero attached hydrogens (tertiary/aromatic N) is 2. The Morgan fingerprint density at radius 1 is 1.03 bits per heavy atom. The van der Waals surface area contributed by atoms with E-state index in [-0.39, 0.29) is 18.3 Å². The second kappa shape index (κ2) is 11.3. The Balaban J connectivity index is 1.32. The molecular weight excluding hydrogens is 523 g/mol. The van der Waals surface area contributed by atoms with Crippen LogP contribution >= 0.6 is 22.9 Å². The van der Waals surface area contributed by atoms with Crippen molar-refractivity contribution in [1.29, 1.82) is 0 Å². The van der Waals surface area contributed by atoms with Crippen molar-refractivity contribution in [2.75, 3.05) is 10.6 Å². The highest BCUT2D eigenvalue weighted by Crippen LogP contribution is 2.33. The minimum atomic E-state index is -0.313. The number of rotatable bonds is 6. The van der Waals surface area contributed by atoms with Crippen LogP contribution in [0.15, 0.2) is 79.1 Å².